The van der Waals surface area contributed by atoms with Crippen molar-refractivity contribution in [1.82, 2.24) is 5.32 Å². The van der Waals surface area contributed by atoms with Gasteiger partial charge in [-0.25, -0.2) is 0 Å². The van der Waals surface area contributed by atoms with Crippen molar-refractivity contribution in [2.75, 3.05) is 13.7 Å². The summed E-state index contributed by atoms with van der Waals surface area (Å²) < 4.78 is 5.58. The monoisotopic (exact) mass is 307 g/mol. The van der Waals surface area contributed by atoms with E-state index in [0.29, 0.717) is 0 Å². The van der Waals surface area contributed by atoms with Gasteiger partial charge in [-0.1, -0.05) is 62.4 Å². The first-order valence-electron chi connectivity index (χ1n) is 8.44. The lowest BCUT2D eigenvalue weighted by molar-refractivity contribution is 0.400. The van der Waals surface area contributed by atoms with E-state index in [9.17, 15) is 0 Å². The van der Waals surface area contributed by atoms with Crippen LogP contribution in [0.3, 0.4) is 0 Å². The first kappa shape index (κ1) is 18.4. The molecular weight excluding hydrogens is 274 g/mol. The van der Waals surface area contributed by atoms with E-state index >= 15 is 0 Å². The Kier molecular flexibility index (Phi) is 9.64. The van der Waals surface area contributed by atoms with Crippen molar-refractivity contribution in [3.05, 3.63) is 35.9 Å². The second-order valence-electron chi connectivity index (χ2n) is 6.50. The molecule has 1 N–H and O–H groups in total. The fraction of sp³-hybridized carbons (Fsp3) is 0.667. The molecule has 3 heteroatoms. The van der Waals surface area contributed by atoms with Crippen LogP contribution in [0.5, 0.6) is 0 Å². The Balaban J connectivity index is 1.85. The van der Waals surface area contributed by atoms with E-state index in [2.05, 4.69) is 48.7 Å². The minimum atomic E-state index is -1.31. The van der Waals surface area contributed by atoms with Crippen LogP contribution < -0.4 is 5.32 Å². The third kappa shape index (κ3) is 9.83. The van der Waals surface area contributed by atoms with Gasteiger partial charge in [0.2, 0.25) is 0 Å². The lowest BCUT2D eigenvalue weighted by Crippen LogP contribution is -2.27. The van der Waals surface area contributed by atoms with E-state index in [1.54, 1.807) is 0 Å². The number of benzene rings is 1. The van der Waals surface area contributed by atoms with E-state index in [4.69, 9.17) is 4.43 Å². The fourth-order valence-corrected chi connectivity index (χ4v) is 3.74. The van der Waals surface area contributed by atoms with Crippen LogP contribution >= 0.6 is 0 Å². The third-order valence-electron chi connectivity index (χ3n) is 4.11. The third-order valence-corrected chi connectivity index (χ3v) is 6.77. The first-order chi connectivity index (χ1) is 10.1. The number of hydrogen-bond donors (Lipinski definition) is 1. The SMILES string of the molecule is CO[Si](C)(C)CCCCCCCCNCc1ccccc1. The molecule has 0 saturated heterocycles. The van der Waals surface area contributed by atoms with Gasteiger partial charge in [-0.05, 0) is 37.7 Å². The summed E-state index contributed by atoms with van der Waals surface area (Å²) in [4.78, 5) is 0. The highest BCUT2D eigenvalue weighted by atomic mass is 28.4. The zero-order chi connectivity index (χ0) is 15.4. The molecule has 0 bridgehead atoms. The summed E-state index contributed by atoms with van der Waals surface area (Å²) in [5, 5.41) is 3.52. The van der Waals surface area contributed by atoms with Crippen molar-refractivity contribution in [2.24, 2.45) is 0 Å². The molecule has 0 atom stereocenters. The summed E-state index contributed by atoms with van der Waals surface area (Å²) in [6.07, 6.45) is 8.13. The zero-order valence-electron chi connectivity index (χ0n) is 14.2. The number of rotatable bonds is 12. The molecule has 0 aliphatic carbocycles. The highest BCUT2D eigenvalue weighted by Gasteiger charge is 2.18. The van der Waals surface area contributed by atoms with Gasteiger partial charge in [0.15, 0.2) is 8.32 Å². The molecule has 0 aromatic heterocycles. The number of hydrogen-bond acceptors (Lipinski definition) is 2. The number of nitrogens with one attached hydrogen (secondary N) is 1. The van der Waals surface area contributed by atoms with E-state index in [1.165, 1.54) is 50.1 Å². The van der Waals surface area contributed by atoms with Crippen LogP contribution in [-0.2, 0) is 11.0 Å². The molecule has 0 fully saturated rings. The van der Waals surface area contributed by atoms with Crippen molar-refractivity contribution in [1.29, 1.82) is 0 Å². The molecule has 21 heavy (non-hydrogen) atoms. The lowest BCUT2D eigenvalue weighted by atomic mass is 10.1. The first-order valence-corrected chi connectivity index (χ1v) is 11.6. The van der Waals surface area contributed by atoms with Gasteiger partial charge in [-0.3, -0.25) is 0 Å². The van der Waals surface area contributed by atoms with Crippen molar-refractivity contribution in [2.45, 2.75) is 64.2 Å². The van der Waals surface area contributed by atoms with Crippen LogP contribution in [0.25, 0.3) is 0 Å². The fourth-order valence-electron chi connectivity index (χ4n) is 2.44. The summed E-state index contributed by atoms with van der Waals surface area (Å²) >= 11 is 0. The van der Waals surface area contributed by atoms with Gasteiger partial charge in [0.25, 0.3) is 0 Å². The van der Waals surface area contributed by atoms with Crippen LogP contribution in [0.15, 0.2) is 30.3 Å². The molecule has 1 aromatic rings. The van der Waals surface area contributed by atoms with Crippen LogP contribution in [0.4, 0.5) is 0 Å². The Labute approximate surface area is 132 Å². The maximum Gasteiger partial charge on any atom is 0.186 e. The van der Waals surface area contributed by atoms with E-state index in [-0.39, 0.29) is 0 Å². The van der Waals surface area contributed by atoms with E-state index in [1.807, 2.05) is 7.11 Å². The quantitative estimate of drug-likeness (QED) is 0.435. The van der Waals surface area contributed by atoms with Crippen LogP contribution in [-0.4, -0.2) is 22.0 Å². The summed E-state index contributed by atoms with van der Waals surface area (Å²) in [5.74, 6) is 0. The summed E-state index contributed by atoms with van der Waals surface area (Å²) in [6, 6.07) is 11.9. The Hall–Kier alpha value is -0.643. The molecule has 0 saturated carbocycles. The molecule has 0 heterocycles. The Morgan fingerprint density at radius 1 is 0.905 bits per heavy atom. The second-order valence-corrected chi connectivity index (χ2v) is 10.9. The normalized spacial score (nSPS) is 11.8. The molecule has 0 amide bonds. The van der Waals surface area contributed by atoms with Gasteiger partial charge in [-0.2, -0.15) is 0 Å². The van der Waals surface area contributed by atoms with E-state index < -0.39 is 8.32 Å². The molecule has 0 aliphatic heterocycles. The molecule has 0 spiro atoms. The molecule has 1 aromatic carbocycles. The summed E-state index contributed by atoms with van der Waals surface area (Å²) in [6.45, 7) is 6.76. The van der Waals surface area contributed by atoms with Gasteiger partial charge in [0, 0.05) is 13.7 Å². The standard InChI is InChI=1S/C18H33NOSi/c1-20-21(2,3)16-12-7-5-4-6-11-15-19-17-18-13-9-8-10-14-18/h8-10,13-14,19H,4-7,11-12,15-17H2,1-3H3. The molecule has 1 rings (SSSR count). The van der Waals surface area contributed by atoms with Crippen LogP contribution in [0.2, 0.25) is 19.1 Å². The maximum absolute atomic E-state index is 5.58. The largest absolute Gasteiger partial charge is 0.420 e. The van der Waals surface area contributed by atoms with Gasteiger partial charge in [-0.15, -0.1) is 0 Å². The van der Waals surface area contributed by atoms with Gasteiger partial charge in [0.1, 0.15) is 0 Å². The predicted molar refractivity (Wildman–Crippen MR) is 95.1 cm³/mol. The topological polar surface area (TPSA) is 21.3 Å². The van der Waals surface area contributed by atoms with Crippen molar-refractivity contribution >= 4 is 8.32 Å². The maximum atomic E-state index is 5.58. The second kappa shape index (κ2) is 11.0. The molecule has 120 valence electrons. The average molecular weight is 308 g/mol. The Bertz CT molecular complexity index is 353. The minimum Gasteiger partial charge on any atom is -0.420 e. The van der Waals surface area contributed by atoms with Gasteiger partial charge in [0.05, 0.1) is 0 Å². The summed E-state index contributed by atoms with van der Waals surface area (Å²) in [7, 11) is 0.564. The van der Waals surface area contributed by atoms with Crippen molar-refractivity contribution in [3.63, 3.8) is 0 Å². The molecule has 0 radical (unpaired) electrons. The van der Waals surface area contributed by atoms with Crippen LogP contribution in [0, 0.1) is 0 Å². The molecule has 0 aliphatic rings. The lowest BCUT2D eigenvalue weighted by Gasteiger charge is -2.19. The van der Waals surface area contributed by atoms with Gasteiger partial charge >= 0.3 is 0 Å². The molecular formula is C18H33NOSi. The average Bonchev–Trinajstić information content (AvgIpc) is 2.50. The summed E-state index contributed by atoms with van der Waals surface area (Å²) in [5.41, 5.74) is 1.38. The van der Waals surface area contributed by atoms with Crippen LogP contribution in [0.1, 0.15) is 44.1 Å². The minimum absolute atomic E-state index is 0.998. The van der Waals surface area contributed by atoms with Crippen molar-refractivity contribution < 1.29 is 4.43 Å². The highest BCUT2D eigenvalue weighted by molar-refractivity contribution is 6.71. The van der Waals surface area contributed by atoms with Crippen molar-refractivity contribution in [3.8, 4) is 0 Å². The molecule has 0 unspecified atom stereocenters. The predicted octanol–water partition coefficient (Wildman–Crippen LogP) is 4.97. The number of unbranched alkanes of at least 4 members (excludes halogenated alkanes) is 5. The Morgan fingerprint density at radius 2 is 1.52 bits per heavy atom. The Morgan fingerprint density at radius 3 is 2.19 bits per heavy atom. The highest BCUT2D eigenvalue weighted by Crippen LogP contribution is 2.16. The van der Waals surface area contributed by atoms with Gasteiger partial charge < -0.3 is 9.74 Å². The smallest absolute Gasteiger partial charge is 0.186 e. The molecule has 2 nitrogen and oxygen atoms in total. The van der Waals surface area contributed by atoms with E-state index in [0.717, 1.165) is 13.1 Å². The zero-order valence-corrected chi connectivity index (χ0v) is 15.2.